The molecule has 15 heavy (non-hydrogen) atoms. The molecule has 4 heteroatoms. The molecule has 1 aromatic heterocycles. The Labute approximate surface area is 91.6 Å². The molecule has 0 atom stereocenters. The lowest BCUT2D eigenvalue weighted by Crippen LogP contribution is -1.94. The van der Waals surface area contributed by atoms with Crippen molar-refractivity contribution in [3.63, 3.8) is 0 Å². The first-order valence-electron chi connectivity index (χ1n) is 4.39. The van der Waals surface area contributed by atoms with Gasteiger partial charge in [-0.1, -0.05) is 12.1 Å². The fourth-order valence-corrected chi connectivity index (χ4v) is 1.65. The van der Waals surface area contributed by atoms with Gasteiger partial charge in [0.2, 0.25) is 0 Å². The van der Waals surface area contributed by atoms with Gasteiger partial charge in [-0.3, -0.25) is 4.98 Å². The van der Waals surface area contributed by atoms with Crippen LogP contribution in [-0.4, -0.2) is 4.98 Å². The van der Waals surface area contributed by atoms with Crippen molar-refractivity contribution in [1.29, 1.82) is 5.26 Å². The fraction of sp³-hybridized carbons (Fsp3) is 0.0909. The molecule has 0 fully saturated rings. The third kappa shape index (κ3) is 2.33. The number of rotatable bonds is 3. The molecule has 0 N–H and O–H groups in total. The highest BCUT2D eigenvalue weighted by Gasteiger charge is 2.02. The average molecular weight is 216 g/mol. The Morgan fingerprint density at radius 1 is 1.40 bits per heavy atom. The molecule has 2 aromatic rings. The lowest BCUT2D eigenvalue weighted by molar-refractivity contribution is 0.308. The van der Waals surface area contributed by atoms with E-state index in [0.717, 1.165) is 4.88 Å². The summed E-state index contributed by atoms with van der Waals surface area (Å²) in [4.78, 5) is 4.99. The lowest BCUT2D eigenvalue weighted by atomic mass is 10.2. The van der Waals surface area contributed by atoms with E-state index in [0.29, 0.717) is 17.9 Å². The molecule has 74 valence electrons. The number of thiazole rings is 1. The maximum Gasteiger partial charge on any atom is 0.137 e. The van der Waals surface area contributed by atoms with Crippen LogP contribution in [0.3, 0.4) is 0 Å². The van der Waals surface area contributed by atoms with Crippen molar-refractivity contribution in [2.45, 2.75) is 6.61 Å². The Bertz CT molecular complexity index is 474. The van der Waals surface area contributed by atoms with Crippen LogP contribution < -0.4 is 4.74 Å². The van der Waals surface area contributed by atoms with Gasteiger partial charge >= 0.3 is 0 Å². The van der Waals surface area contributed by atoms with E-state index in [4.69, 9.17) is 10.00 Å². The largest absolute Gasteiger partial charge is 0.487 e. The fourth-order valence-electron chi connectivity index (χ4n) is 1.15. The molecule has 1 heterocycles. The number of hydrogen-bond acceptors (Lipinski definition) is 4. The van der Waals surface area contributed by atoms with Gasteiger partial charge in [0, 0.05) is 6.20 Å². The zero-order valence-electron chi connectivity index (χ0n) is 7.88. The molecule has 0 radical (unpaired) electrons. The average Bonchev–Trinajstić information content (AvgIpc) is 2.79. The summed E-state index contributed by atoms with van der Waals surface area (Å²) in [7, 11) is 0. The van der Waals surface area contributed by atoms with Crippen LogP contribution in [-0.2, 0) is 6.61 Å². The number of ether oxygens (including phenoxy) is 1. The van der Waals surface area contributed by atoms with E-state index in [2.05, 4.69) is 11.1 Å². The van der Waals surface area contributed by atoms with Gasteiger partial charge in [0.05, 0.1) is 16.0 Å². The smallest absolute Gasteiger partial charge is 0.137 e. The molecule has 0 saturated heterocycles. The Balaban J connectivity index is 2.08. The minimum atomic E-state index is 0.462. The van der Waals surface area contributed by atoms with Gasteiger partial charge in [-0.05, 0) is 12.1 Å². The van der Waals surface area contributed by atoms with E-state index in [-0.39, 0.29) is 0 Å². The van der Waals surface area contributed by atoms with Crippen molar-refractivity contribution >= 4 is 11.3 Å². The molecular weight excluding hydrogens is 208 g/mol. The normalized spacial score (nSPS) is 9.53. The molecule has 0 aliphatic carbocycles. The summed E-state index contributed by atoms with van der Waals surface area (Å²) in [5.41, 5.74) is 2.32. The van der Waals surface area contributed by atoms with Crippen LogP contribution in [0.1, 0.15) is 10.4 Å². The van der Waals surface area contributed by atoms with E-state index in [9.17, 15) is 0 Å². The van der Waals surface area contributed by atoms with Crippen molar-refractivity contribution in [2.24, 2.45) is 0 Å². The molecular formula is C11H8N2OS. The van der Waals surface area contributed by atoms with Crippen molar-refractivity contribution < 1.29 is 4.74 Å². The van der Waals surface area contributed by atoms with Gasteiger partial charge in [0.25, 0.3) is 0 Å². The molecule has 0 saturated carbocycles. The van der Waals surface area contributed by atoms with Crippen LogP contribution in [0.4, 0.5) is 0 Å². The standard InChI is InChI=1S/C11H8N2OS/c12-5-9-3-1-2-4-11(9)14-7-10-6-13-8-15-10/h1-4,6,8H,7H2. The Kier molecular flexibility index (Phi) is 2.96. The van der Waals surface area contributed by atoms with Crippen LogP contribution >= 0.6 is 11.3 Å². The summed E-state index contributed by atoms with van der Waals surface area (Å²) in [5, 5.41) is 8.84. The highest BCUT2D eigenvalue weighted by molar-refractivity contribution is 7.09. The minimum Gasteiger partial charge on any atom is -0.487 e. The molecule has 0 bridgehead atoms. The van der Waals surface area contributed by atoms with Crippen LogP contribution in [0.25, 0.3) is 0 Å². The molecule has 0 aliphatic rings. The number of nitrogens with zero attached hydrogens (tertiary/aromatic N) is 2. The summed E-state index contributed by atoms with van der Waals surface area (Å²) in [5.74, 6) is 0.619. The van der Waals surface area contributed by atoms with Gasteiger partial charge in [-0.25, -0.2) is 0 Å². The van der Waals surface area contributed by atoms with Crippen molar-refractivity contribution in [3.8, 4) is 11.8 Å². The van der Waals surface area contributed by atoms with Crippen LogP contribution in [0.5, 0.6) is 5.75 Å². The van der Waals surface area contributed by atoms with Crippen LogP contribution in [0.2, 0.25) is 0 Å². The first-order chi connectivity index (χ1) is 7.40. The van der Waals surface area contributed by atoms with Crippen LogP contribution in [0.15, 0.2) is 36.0 Å². The van der Waals surface area contributed by atoms with Gasteiger partial charge in [-0.2, -0.15) is 5.26 Å². The number of benzene rings is 1. The van der Waals surface area contributed by atoms with Gasteiger partial charge in [0.15, 0.2) is 0 Å². The van der Waals surface area contributed by atoms with Gasteiger partial charge in [0.1, 0.15) is 18.4 Å². The quantitative estimate of drug-likeness (QED) is 0.792. The molecule has 3 nitrogen and oxygen atoms in total. The van der Waals surface area contributed by atoms with Gasteiger partial charge < -0.3 is 4.74 Å². The zero-order chi connectivity index (χ0) is 10.5. The molecule has 2 rings (SSSR count). The summed E-state index contributed by atoms with van der Waals surface area (Å²) in [6.07, 6.45) is 1.76. The van der Waals surface area contributed by atoms with E-state index < -0.39 is 0 Å². The Morgan fingerprint density at radius 3 is 3.00 bits per heavy atom. The van der Waals surface area contributed by atoms with Crippen molar-refractivity contribution in [1.82, 2.24) is 4.98 Å². The zero-order valence-corrected chi connectivity index (χ0v) is 8.70. The highest BCUT2D eigenvalue weighted by atomic mass is 32.1. The third-order valence-corrected chi connectivity index (χ3v) is 2.61. The van der Waals surface area contributed by atoms with E-state index in [1.54, 1.807) is 23.8 Å². The first-order valence-corrected chi connectivity index (χ1v) is 5.27. The summed E-state index contributed by atoms with van der Waals surface area (Å²) in [6.45, 7) is 0.462. The molecule has 0 spiro atoms. The molecule has 0 amide bonds. The summed E-state index contributed by atoms with van der Waals surface area (Å²) < 4.78 is 5.52. The molecule has 0 unspecified atom stereocenters. The highest BCUT2D eigenvalue weighted by Crippen LogP contribution is 2.18. The maximum absolute atomic E-state index is 8.84. The number of hydrogen-bond donors (Lipinski definition) is 0. The Morgan fingerprint density at radius 2 is 2.27 bits per heavy atom. The molecule has 1 aromatic carbocycles. The summed E-state index contributed by atoms with van der Waals surface area (Å²) in [6, 6.07) is 9.29. The Hall–Kier alpha value is -1.86. The summed E-state index contributed by atoms with van der Waals surface area (Å²) >= 11 is 1.54. The predicted octanol–water partition coefficient (Wildman–Crippen LogP) is 2.59. The second kappa shape index (κ2) is 4.58. The van der Waals surface area contributed by atoms with Crippen LogP contribution in [0, 0.1) is 11.3 Å². The number of para-hydroxylation sites is 1. The number of aromatic nitrogens is 1. The third-order valence-electron chi connectivity index (χ3n) is 1.86. The molecule has 0 aliphatic heterocycles. The lowest BCUT2D eigenvalue weighted by Gasteiger charge is -2.05. The maximum atomic E-state index is 8.84. The van der Waals surface area contributed by atoms with E-state index in [1.807, 2.05) is 12.1 Å². The van der Waals surface area contributed by atoms with Gasteiger partial charge in [-0.15, -0.1) is 11.3 Å². The topological polar surface area (TPSA) is 45.9 Å². The monoisotopic (exact) mass is 216 g/mol. The van der Waals surface area contributed by atoms with E-state index in [1.165, 1.54) is 11.3 Å². The van der Waals surface area contributed by atoms with Crippen molar-refractivity contribution in [3.05, 3.63) is 46.4 Å². The predicted molar refractivity (Wildman–Crippen MR) is 57.6 cm³/mol. The SMILES string of the molecule is N#Cc1ccccc1OCc1cncs1. The first kappa shape index (κ1) is 9.69. The number of nitriles is 1. The second-order valence-corrected chi connectivity index (χ2v) is 3.84. The second-order valence-electron chi connectivity index (χ2n) is 2.86. The van der Waals surface area contributed by atoms with E-state index >= 15 is 0 Å². The van der Waals surface area contributed by atoms with Crippen molar-refractivity contribution in [2.75, 3.05) is 0 Å². The minimum absolute atomic E-state index is 0.462.